The van der Waals surface area contributed by atoms with E-state index in [0.29, 0.717) is 13.0 Å². The Morgan fingerprint density at radius 3 is 2.78 bits per heavy atom. The highest BCUT2D eigenvalue weighted by molar-refractivity contribution is 7.09. The fourth-order valence-electron chi connectivity index (χ4n) is 1.40. The Labute approximate surface area is 109 Å². The number of hydrogen-bond acceptors (Lipinski definition) is 4. The number of aryl methyl sites for hydroxylation is 1. The summed E-state index contributed by atoms with van der Waals surface area (Å²) < 4.78 is 0. The van der Waals surface area contributed by atoms with Gasteiger partial charge in [-0.1, -0.05) is 6.92 Å². The Morgan fingerprint density at radius 1 is 1.56 bits per heavy atom. The van der Waals surface area contributed by atoms with Crippen molar-refractivity contribution in [3.8, 4) is 0 Å². The number of urea groups is 1. The van der Waals surface area contributed by atoms with E-state index in [-0.39, 0.29) is 18.5 Å². The summed E-state index contributed by atoms with van der Waals surface area (Å²) in [6.45, 7) is 4.07. The SMILES string of the molecule is CCC(CC(=O)O)NC(=O)NCc1csc(C)n1. The minimum atomic E-state index is -0.919. The van der Waals surface area contributed by atoms with E-state index in [9.17, 15) is 9.59 Å². The number of aromatic nitrogens is 1. The van der Waals surface area contributed by atoms with Crippen molar-refractivity contribution in [1.29, 1.82) is 0 Å². The first-order valence-electron chi connectivity index (χ1n) is 5.68. The van der Waals surface area contributed by atoms with Crippen molar-refractivity contribution in [3.63, 3.8) is 0 Å². The molecule has 2 amide bonds. The zero-order valence-corrected chi connectivity index (χ0v) is 11.2. The van der Waals surface area contributed by atoms with Crippen LogP contribution in [-0.4, -0.2) is 28.1 Å². The predicted octanol–water partition coefficient (Wildman–Crippen LogP) is 1.50. The highest BCUT2D eigenvalue weighted by Gasteiger charge is 2.13. The lowest BCUT2D eigenvalue weighted by Gasteiger charge is -2.15. The van der Waals surface area contributed by atoms with Gasteiger partial charge in [0.2, 0.25) is 0 Å². The quantitative estimate of drug-likeness (QED) is 0.731. The third-order valence-electron chi connectivity index (χ3n) is 2.35. The summed E-state index contributed by atoms with van der Waals surface area (Å²) in [7, 11) is 0. The number of carbonyl (C=O) groups is 2. The maximum absolute atomic E-state index is 11.5. The summed E-state index contributed by atoms with van der Waals surface area (Å²) in [6.07, 6.45) is 0.509. The van der Waals surface area contributed by atoms with Crippen LogP contribution in [0.2, 0.25) is 0 Å². The van der Waals surface area contributed by atoms with Crippen molar-refractivity contribution in [1.82, 2.24) is 15.6 Å². The van der Waals surface area contributed by atoms with Crippen LogP contribution in [0.4, 0.5) is 4.79 Å². The minimum Gasteiger partial charge on any atom is -0.481 e. The first kappa shape index (κ1) is 14.4. The van der Waals surface area contributed by atoms with Gasteiger partial charge in [-0.25, -0.2) is 9.78 Å². The van der Waals surface area contributed by atoms with Crippen molar-refractivity contribution in [2.45, 2.75) is 39.3 Å². The molecule has 1 aromatic rings. The number of aliphatic carboxylic acids is 1. The van der Waals surface area contributed by atoms with Crippen LogP contribution in [0.15, 0.2) is 5.38 Å². The van der Waals surface area contributed by atoms with Crippen LogP contribution in [-0.2, 0) is 11.3 Å². The van der Waals surface area contributed by atoms with Crippen LogP contribution in [0.3, 0.4) is 0 Å². The summed E-state index contributed by atoms with van der Waals surface area (Å²) in [5, 5.41) is 16.8. The number of rotatable bonds is 6. The largest absolute Gasteiger partial charge is 0.481 e. The Morgan fingerprint density at radius 2 is 2.28 bits per heavy atom. The fraction of sp³-hybridized carbons (Fsp3) is 0.545. The number of thiazole rings is 1. The summed E-state index contributed by atoms with van der Waals surface area (Å²) in [6, 6.07) is -0.714. The van der Waals surface area contributed by atoms with Gasteiger partial charge in [0.25, 0.3) is 0 Å². The van der Waals surface area contributed by atoms with E-state index in [2.05, 4.69) is 15.6 Å². The first-order valence-corrected chi connectivity index (χ1v) is 6.56. The van der Waals surface area contributed by atoms with Gasteiger partial charge in [0, 0.05) is 11.4 Å². The van der Waals surface area contributed by atoms with Gasteiger partial charge in [0.05, 0.1) is 23.7 Å². The van der Waals surface area contributed by atoms with Gasteiger partial charge in [-0.2, -0.15) is 0 Å². The summed E-state index contributed by atoms with van der Waals surface area (Å²) in [5.41, 5.74) is 0.805. The Kier molecular flexibility index (Phi) is 5.57. The third-order valence-corrected chi connectivity index (χ3v) is 3.17. The van der Waals surface area contributed by atoms with Crippen LogP contribution in [0.5, 0.6) is 0 Å². The van der Waals surface area contributed by atoms with Crippen molar-refractivity contribution < 1.29 is 14.7 Å². The first-order chi connectivity index (χ1) is 8.51. The molecule has 3 N–H and O–H groups in total. The molecule has 18 heavy (non-hydrogen) atoms. The van der Waals surface area contributed by atoms with Crippen molar-refractivity contribution in [2.75, 3.05) is 0 Å². The maximum Gasteiger partial charge on any atom is 0.315 e. The molecule has 0 fully saturated rings. The molecular weight excluding hydrogens is 254 g/mol. The topological polar surface area (TPSA) is 91.3 Å². The second-order valence-corrected chi connectivity index (χ2v) is 4.95. The maximum atomic E-state index is 11.5. The smallest absolute Gasteiger partial charge is 0.315 e. The van der Waals surface area contributed by atoms with Crippen LogP contribution in [0, 0.1) is 6.92 Å². The highest BCUT2D eigenvalue weighted by atomic mass is 32.1. The number of carbonyl (C=O) groups excluding carboxylic acids is 1. The lowest BCUT2D eigenvalue weighted by atomic mass is 10.1. The molecule has 0 aliphatic rings. The number of carboxylic acids is 1. The molecule has 1 rings (SSSR count). The predicted molar refractivity (Wildman–Crippen MR) is 68.6 cm³/mol. The zero-order valence-electron chi connectivity index (χ0n) is 10.4. The molecule has 7 heteroatoms. The highest BCUT2D eigenvalue weighted by Crippen LogP contribution is 2.07. The van der Waals surface area contributed by atoms with Crippen LogP contribution >= 0.6 is 11.3 Å². The normalized spacial score (nSPS) is 11.9. The van der Waals surface area contributed by atoms with Gasteiger partial charge >= 0.3 is 12.0 Å². The molecule has 1 heterocycles. The zero-order chi connectivity index (χ0) is 13.5. The molecule has 1 unspecified atom stereocenters. The van der Waals surface area contributed by atoms with E-state index in [0.717, 1.165) is 10.7 Å². The van der Waals surface area contributed by atoms with Crippen molar-refractivity contribution >= 4 is 23.3 Å². The molecular formula is C11H17N3O3S. The van der Waals surface area contributed by atoms with E-state index in [1.165, 1.54) is 11.3 Å². The molecule has 0 saturated carbocycles. The van der Waals surface area contributed by atoms with Gasteiger partial charge < -0.3 is 15.7 Å². The van der Waals surface area contributed by atoms with Gasteiger partial charge in [0.15, 0.2) is 0 Å². The molecule has 0 radical (unpaired) electrons. The lowest BCUT2D eigenvalue weighted by molar-refractivity contribution is -0.137. The van der Waals surface area contributed by atoms with Crippen LogP contribution in [0.25, 0.3) is 0 Å². The number of carboxylic acid groups (broad SMARTS) is 1. The monoisotopic (exact) mass is 271 g/mol. The number of hydrogen-bond donors (Lipinski definition) is 3. The third kappa shape index (κ3) is 5.13. The average molecular weight is 271 g/mol. The summed E-state index contributed by atoms with van der Waals surface area (Å²) in [5.74, 6) is -0.919. The van der Waals surface area contributed by atoms with E-state index < -0.39 is 5.97 Å². The molecule has 100 valence electrons. The second-order valence-electron chi connectivity index (χ2n) is 3.89. The minimum absolute atomic E-state index is 0.0697. The molecule has 6 nitrogen and oxygen atoms in total. The molecule has 0 bridgehead atoms. The van der Waals surface area contributed by atoms with E-state index in [1.807, 2.05) is 19.2 Å². The van der Waals surface area contributed by atoms with Crippen LogP contribution in [0.1, 0.15) is 30.5 Å². The van der Waals surface area contributed by atoms with Gasteiger partial charge in [-0.15, -0.1) is 11.3 Å². The Hall–Kier alpha value is -1.63. The lowest BCUT2D eigenvalue weighted by Crippen LogP contribution is -2.42. The summed E-state index contributed by atoms with van der Waals surface area (Å²) >= 11 is 1.52. The molecule has 1 atom stereocenters. The van der Waals surface area contributed by atoms with Crippen molar-refractivity contribution in [2.24, 2.45) is 0 Å². The summed E-state index contributed by atoms with van der Waals surface area (Å²) in [4.78, 5) is 26.3. The van der Waals surface area contributed by atoms with E-state index >= 15 is 0 Å². The molecule has 0 aliphatic carbocycles. The fourth-order valence-corrected chi connectivity index (χ4v) is 2.02. The average Bonchev–Trinajstić information content (AvgIpc) is 2.71. The number of amides is 2. The van der Waals surface area contributed by atoms with Gasteiger partial charge in [-0.3, -0.25) is 4.79 Å². The molecule has 0 saturated heterocycles. The standard InChI is InChI=1S/C11H17N3O3S/c1-3-8(4-10(15)16)14-11(17)12-5-9-6-18-7(2)13-9/h6,8H,3-5H2,1-2H3,(H,15,16)(H2,12,14,17). The molecule has 0 aliphatic heterocycles. The number of nitrogens with one attached hydrogen (secondary N) is 2. The number of nitrogens with zero attached hydrogens (tertiary/aromatic N) is 1. The second kappa shape index (κ2) is 6.95. The van der Waals surface area contributed by atoms with Crippen LogP contribution < -0.4 is 10.6 Å². The van der Waals surface area contributed by atoms with E-state index in [1.54, 1.807) is 0 Å². The molecule has 1 aromatic heterocycles. The van der Waals surface area contributed by atoms with Gasteiger partial charge in [0.1, 0.15) is 0 Å². The van der Waals surface area contributed by atoms with E-state index in [4.69, 9.17) is 5.11 Å². The Bertz CT molecular complexity index is 419. The molecule has 0 spiro atoms. The van der Waals surface area contributed by atoms with Gasteiger partial charge in [-0.05, 0) is 13.3 Å². The molecule has 0 aromatic carbocycles. The Balaban J connectivity index is 2.34. The van der Waals surface area contributed by atoms with Crippen molar-refractivity contribution in [3.05, 3.63) is 16.1 Å².